The Kier molecular flexibility index (Phi) is 5.54. The van der Waals surface area contributed by atoms with Gasteiger partial charge in [-0.2, -0.15) is 0 Å². The van der Waals surface area contributed by atoms with Gasteiger partial charge in [0.05, 0.1) is 26.3 Å². The van der Waals surface area contributed by atoms with E-state index in [4.69, 9.17) is 8.05 Å². The van der Waals surface area contributed by atoms with Crippen molar-refractivity contribution in [3.05, 3.63) is 0 Å². The molecule has 12 heavy (non-hydrogen) atoms. The van der Waals surface area contributed by atoms with Gasteiger partial charge in [0.1, 0.15) is 0 Å². The van der Waals surface area contributed by atoms with Gasteiger partial charge in [-0.25, -0.2) is 4.79 Å². The molecule has 1 saturated heterocycles. The molecule has 2 radical (unpaired) electrons. The van der Waals surface area contributed by atoms with E-state index in [9.17, 15) is 4.79 Å². The van der Waals surface area contributed by atoms with Crippen LogP contribution in [0, 0.1) is 0 Å². The molecule has 5 heteroatoms. The topological polar surface area (TPSA) is 38.8 Å². The number of rotatable bonds is 1. The second-order valence-corrected chi connectivity index (χ2v) is 2.13. The fraction of sp³-hybridized carbons (Fsp3) is 0.857. The van der Waals surface area contributed by atoms with Crippen molar-refractivity contribution >= 4 is 14.1 Å². The second kappa shape index (κ2) is 5.88. The molecule has 0 spiro atoms. The minimum Gasteiger partial charge on any atom is -0.453 e. The first-order valence-corrected chi connectivity index (χ1v) is 3.96. The molecule has 0 atom stereocenters. The highest BCUT2D eigenvalue weighted by molar-refractivity contribution is 5.98. The molecule has 0 aliphatic carbocycles. The van der Waals surface area contributed by atoms with Crippen LogP contribution < -0.4 is 0 Å². The van der Waals surface area contributed by atoms with Gasteiger partial charge < -0.3 is 14.3 Å². The summed E-state index contributed by atoms with van der Waals surface area (Å²) in [5.41, 5.74) is 0. The van der Waals surface area contributed by atoms with Gasteiger partial charge in [-0.05, 0) is 0 Å². The number of methoxy groups -OCH3 is 1. The monoisotopic (exact) mass is 171 g/mol. The van der Waals surface area contributed by atoms with E-state index in [0.717, 1.165) is 0 Å². The Morgan fingerprint density at radius 3 is 2.33 bits per heavy atom. The Bertz CT molecular complexity index is 137. The van der Waals surface area contributed by atoms with Gasteiger partial charge in [-0.15, -0.1) is 0 Å². The van der Waals surface area contributed by atoms with Crippen molar-refractivity contribution in [2.45, 2.75) is 20.0 Å². The summed E-state index contributed by atoms with van der Waals surface area (Å²) in [6.45, 7) is 5.06. The van der Waals surface area contributed by atoms with Crippen LogP contribution in [-0.2, 0) is 9.39 Å². The maximum Gasteiger partial charge on any atom is 0.409 e. The van der Waals surface area contributed by atoms with Crippen LogP contribution >= 0.6 is 0 Å². The molecule has 0 unspecified atom stereocenters. The average Bonchev–Trinajstić information content (AvgIpc) is 2.06. The van der Waals surface area contributed by atoms with E-state index in [-0.39, 0.29) is 12.2 Å². The minimum atomic E-state index is -0.326. The first kappa shape index (κ1) is 11.3. The summed E-state index contributed by atoms with van der Waals surface area (Å²) in [5, 5.41) is 0. The first-order valence-electron chi connectivity index (χ1n) is 3.96. The van der Waals surface area contributed by atoms with Crippen molar-refractivity contribution in [2.75, 3.05) is 20.2 Å². The minimum absolute atomic E-state index is 0.0147. The van der Waals surface area contributed by atoms with E-state index in [1.807, 2.05) is 13.8 Å². The Balaban J connectivity index is 0.000000561. The SMILES string of the molecule is CC.[B]OC1CN(C(=O)OC)C1. The van der Waals surface area contributed by atoms with Crippen molar-refractivity contribution in [3.63, 3.8) is 0 Å². The van der Waals surface area contributed by atoms with E-state index >= 15 is 0 Å². The normalized spacial score (nSPS) is 15.8. The van der Waals surface area contributed by atoms with Crippen molar-refractivity contribution in [3.8, 4) is 0 Å². The van der Waals surface area contributed by atoms with Gasteiger partial charge in [0.25, 0.3) is 8.05 Å². The van der Waals surface area contributed by atoms with Crippen LogP contribution in [0.2, 0.25) is 0 Å². The Morgan fingerprint density at radius 2 is 2.00 bits per heavy atom. The number of nitrogens with zero attached hydrogens (tertiary/aromatic N) is 1. The van der Waals surface area contributed by atoms with E-state index in [2.05, 4.69) is 9.39 Å². The number of likely N-dealkylation sites (tertiary alicyclic amines) is 1. The number of carbonyl (C=O) groups is 1. The molecular formula is C7H14BNO3. The zero-order chi connectivity index (χ0) is 9.56. The first-order chi connectivity index (χ1) is 5.77. The molecule has 1 heterocycles. The molecule has 0 N–H and O–H groups in total. The average molecular weight is 171 g/mol. The predicted octanol–water partition coefficient (Wildman–Crippen LogP) is 0.563. The highest BCUT2D eigenvalue weighted by atomic mass is 16.5. The van der Waals surface area contributed by atoms with E-state index < -0.39 is 0 Å². The van der Waals surface area contributed by atoms with Gasteiger partial charge >= 0.3 is 6.09 Å². The summed E-state index contributed by atoms with van der Waals surface area (Å²) in [7, 11) is 6.21. The van der Waals surface area contributed by atoms with Crippen LogP contribution in [0.5, 0.6) is 0 Å². The third-order valence-electron chi connectivity index (χ3n) is 1.47. The molecule has 1 rings (SSSR count). The van der Waals surface area contributed by atoms with Crippen molar-refractivity contribution in [1.82, 2.24) is 4.90 Å². The van der Waals surface area contributed by atoms with Crippen LogP contribution in [0.25, 0.3) is 0 Å². The summed E-state index contributed by atoms with van der Waals surface area (Å²) in [6.07, 6.45) is -0.340. The molecule has 0 aromatic rings. The van der Waals surface area contributed by atoms with Crippen LogP contribution in [0.4, 0.5) is 4.79 Å². The highest BCUT2D eigenvalue weighted by Crippen LogP contribution is 2.10. The van der Waals surface area contributed by atoms with Crippen LogP contribution in [0.3, 0.4) is 0 Å². The van der Waals surface area contributed by atoms with Gasteiger partial charge in [-0.1, -0.05) is 13.8 Å². The standard InChI is InChI=1S/C5H8BNO3.C2H6/c1-9-5(8)7-2-4(3-7)10-6;1-2/h4H,2-3H2,1H3;1-2H3. The van der Waals surface area contributed by atoms with Crippen LogP contribution in [0.15, 0.2) is 0 Å². The molecule has 0 saturated carbocycles. The number of hydrogen-bond acceptors (Lipinski definition) is 3. The Hall–Kier alpha value is -0.705. The lowest BCUT2D eigenvalue weighted by Gasteiger charge is -2.37. The fourth-order valence-corrected chi connectivity index (χ4v) is 0.802. The van der Waals surface area contributed by atoms with Crippen molar-refractivity contribution in [1.29, 1.82) is 0 Å². The van der Waals surface area contributed by atoms with Crippen LogP contribution in [-0.4, -0.2) is 45.3 Å². The molecule has 4 nitrogen and oxygen atoms in total. The Morgan fingerprint density at radius 1 is 1.50 bits per heavy atom. The molecule has 1 amide bonds. The van der Waals surface area contributed by atoms with Gasteiger partial charge in [0, 0.05) is 0 Å². The maximum absolute atomic E-state index is 10.7. The number of hydrogen-bond donors (Lipinski definition) is 0. The molecule has 68 valence electrons. The molecule has 0 aromatic heterocycles. The lowest BCUT2D eigenvalue weighted by molar-refractivity contribution is 0.0225. The number of carbonyl (C=O) groups excluding carboxylic acids is 1. The third kappa shape index (κ3) is 2.73. The molecule has 1 aliphatic rings. The third-order valence-corrected chi connectivity index (χ3v) is 1.47. The lowest BCUT2D eigenvalue weighted by atomic mass is 10.2. The number of ether oxygens (including phenoxy) is 1. The van der Waals surface area contributed by atoms with Crippen LogP contribution in [0.1, 0.15) is 13.8 Å². The van der Waals surface area contributed by atoms with E-state index in [1.165, 1.54) is 12.0 Å². The summed E-state index contributed by atoms with van der Waals surface area (Å²) >= 11 is 0. The van der Waals surface area contributed by atoms with Gasteiger partial charge in [0.15, 0.2) is 0 Å². The van der Waals surface area contributed by atoms with Gasteiger partial charge in [-0.3, -0.25) is 0 Å². The quantitative estimate of drug-likeness (QED) is 0.541. The number of amides is 1. The molecule has 1 fully saturated rings. The fourth-order valence-electron chi connectivity index (χ4n) is 0.802. The smallest absolute Gasteiger partial charge is 0.409 e. The summed E-state index contributed by atoms with van der Waals surface area (Å²) < 4.78 is 8.90. The molecule has 1 aliphatic heterocycles. The van der Waals surface area contributed by atoms with Crippen molar-refractivity contribution in [2.24, 2.45) is 0 Å². The zero-order valence-corrected chi connectivity index (χ0v) is 7.74. The summed E-state index contributed by atoms with van der Waals surface area (Å²) in [5.74, 6) is 0. The van der Waals surface area contributed by atoms with E-state index in [1.54, 1.807) is 0 Å². The van der Waals surface area contributed by atoms with Crippen molar-refractivity contribution < 1.29 is 14.2 Å². The van der Waals surface area contributed by atoms with E-state index in [0.29, 0.717) is 13.1 Å². The second-order valence-electron chi connectivity index (χ2n) is 2.13. The Labute approximate surface area is 74.3 Å². The summed E-state index contributed by atoms with van der Waals surface area (Å²) in [6, 6.07) is 0. The zero-order valence-electron chi connectivity index (χ0n) is 7.74. The molecule has 0 aromatic carbocycles. The summed E-state index contributed by atoms with van der Waals surface area (Å²) in [4.78, 5) is 12.2. The maximum atomic E-state index is 10.7. The largest absolute Gasteiger partial charge is 0.453 e. The lowest BCUT2D eigenvalue weighted by Crippen LogP contribution is -2.54. The highest BCUT2D eigenvalue weighted by Gasteiger charge is 2.30. The molecular weight excluding hydrogens is 157 g/mol. The van der Waals surface area contributed by atoms with Gasteiger partial charge in [0.2, 0.25) is 0 Å². The predicted molar refractivity (Wildman–Crippen MR) is 46.0 cm³/mol. The molecule has 0 bridgehead atoms.